The number of hydrogen-bond acceptors (Lipinski definition) is 4. The fraction of sp³-hybridized carbons (Fsp3) is 0.310. The van der Waals surface area contributed by atoms with Crippen LogP contribution in [0.5, 0.6) is 11.5 Å². The molecule has 0 bridgehead atoms. The average molecular weight is 472 g/mol. The van der Waals surface area contributed by atoms with Gasteiger partial charge in [-0.15, -0.1) is 0 Å². The second kappa shape index (κ2) is 12.1. The highest BCUT2D eigenvalue weighted by atomic mass is 16.5. The molecule has 0 unspecified atom stereocenters. The van der Waals surface area contributed by atoms with Crippen LogP contribution < -0.4 is 14.8 Å². The molecule has 1 heterocycles. The summed E-state index contributed by atoms with van der Waals surface area (Å²) in [4.78, 5) is 17.1. The average Bonchev–Trinajstić information content (AvgIpc) is 3.24. The van der Waals surface area contributed by atoms with E-state index in [0.29, 0.717) is 25.3 Å². The number of aryl methyl sites for hydroxylation is 2. The molecule has 0 saturated carbocycles. The molecule has 0 saturated heterocycles. The molecule has 0 fully saturated rings. The van der Waals surface area contributed by atoms with Gasteiger partial charge in [-0.2, -0.15) is 0 Å². The Hall–Kier alpha value is -3.80. The number of amides is 1. The fourth-order valence-electron chi connectivity index (χ4n) is 4.14. The molecular weight excluding hydrogens is 438 g/mol. The van der Waals surface area contributed by atoms with E-state index in [-0.39, 0.29) is 5.91 Å². The van der Waals surface area contributed by atoms with Crippen LogP contribution in [0, 0.1) is 6.92 Å². The maximum atomic E-state index is 12.3. The number of aromatic nitrogens is 2. The molecule has 0 atom stereocenters. The molecular formula is C29H33N3O3. The molecule has 0 aliphatic carbocycles. The first-order valence-electron chi connectivity index (χ1n) is 12.2. The molecule has 0 aliphatic rings. The first-order valence-corrected chi connectivity index (χ1v) is 12.2. The highest BCUT2D eigenvalue weighted by Gasteiger charge is 2.11. The molecule has 6 heteroatoms. The maximum Gasteiger partial charge on any atom is 0.251 e. The number of methoxy groups -OCH3 is 1. The van der Waals surface area contributed by atoms with Crippen LogP contribution in [0.3, 0.4) is 0 Å². The van der Waals surface area contributed by atoms with Crippen LogP contribution in [0.1, 0.15) is 41.0 Å². The van der Waals surface area contributed by atoms with Gasteiger partial charge >= 0.3 is 0 Å². The Morgan fingerprint density at radius 1 is 0.914 bits per heavy atom. The number of para-hydroxylation sites is 4. The molecule has 182 valence electrons. The molecule has 0 spiro atoms. The van der Waals surface area contributed by atoms with Crippen molar-refractivity contribution in [2.45, 2.75) is 39.2 Å². The monoisotopic (exact) mass is 471 g/mol. The largest absolute Gasteiger partial charge is 0.493 e. The van der Waals surface area contributed by atoms with Crippen LogP contribution in [0.4, 0.5) is 0 Å². The number of nitrogens with one attached hydrogen (secondary N) is 1. The van der Waals surface area contributed by atoms with Crippen LogP contribution in [-0.4, -0.2) is 35.7 Å². The SMILES string of the molecule is COc1ccccc1OCCn1c(CCCCCNC(=O)c2ccc(C)cc2)nc2ccccc21. The molecule has 1 amide bonds. The predicted molar refractivity (Wildman–Crippen MR) is 139 cm³/mol. The first-order chi connectivity index (χ1) is 17.2. The van der Waals surface area contributed by atoms with Crippen LogP contribution in [-0.2, 0) is 13.0 Å². The van der Waals surface area contributed by atoms with E-state index in [4.69, 9.17) is 14.5 Å². The van der Waals surface area contributed by atoms with Gasteiger partial charge in [-0.25, -0.2) is 4.98 Å². The van der Waals surface area contributed by atoms with Gasteiger partial charge in [-0.3, -0.25) is 4.79 Å². The number of imidazole rings is 1. The Kier molecular flexibility index (Phi) is 8.39. The molecule has 6 nitrogen and oxygen atoms in total. The minimum Gasteiger partial charge on any atom is -0.493 e. The third-order valence-electron chi connectivity index (χ3n) is 6.05. The number of nitrogens with zero attached hydrogens (tertiary/aromatic N) is 2. The molecule has 1 N–H and O–H groups in total. The molecule has 0 radical (unpaired) electrons. The van der Waals surface area contributed by atoms with Gasteiger partial charge in [0.1, 0.15) is 12.4 Å². The predicted octanol–water partition coefficient (Wildman–Crippen LogP) is 5.58. The van der Waals surface area contributed by atoms with E-state index in [0.717, 1.165) is 59.6 Å². The van der Waals surface area contributed by atoms with Crippen molar-refractivity contribution in [2.24, 2.45) is 0 Å². The highest BCUT2D eigenvalue weighted by molar-refractivity contribution is 5.94. The van der Waals surface area contributed by atoms with Crippen molar-refractivity contribution in [1.29, 1.82) is 0 Å². The van der Waals surface area contributed by atoms with Crippen LogP contribution in [0.25, 0.3) is 11.0 Å². The minimum absolute atomic E-state index is 0.0122. The van der Waals surface area contributed by atoms with E-state index in [1.807, 2.05) is 67.6 Å². The Morgan fingerprint density at radius 2 is 1.66 bits per heavy atom. The van der Waals surface area contributed by atoms with Gasteiger partial charge in [-0.1, -0.05) is 48.4 Å². The summed E-state index contributed by atoms with van der Waals surface area (Å²) in [5.74, 6) is 2.53. The van der Waals surface area contributed by atoms with E-state index in [2.05, 4.69) is 22.0 Å². The van der Waals surface area contributed by atoms with Gasteiger partial charge in [-0.05, 0) is 56.2 Å². The standard InChI is InChI=1S/C29H33N3O3/c1-22-15-17-23(18-16-22)29(33)30-19-9-3-4-14-28-31-24-10-5-6-11-25(24)32(28)20-21-35-27-13-8-7-12-26(27)34-2/h5-8,10-13,15-18H,3-4,9,14,19-21H2,1-2H3,(H,30,33). The first kappa shape index (κ1) is 24.3. The molecule has 4 rings (SSSR count). The van der Waals surface area contributed by atoms with Crippen molar-refractivity contribution in [3.63, 3.8) is 0 Å². The second-order valence-corrected chi connectivity index (χ2v) is 8.60. The molecule has 35 heavy (non-hydrogen) atoms. The second-order valence-electron chi connectivity index (χ2n) is 8.60. The Bertz CT molecular complexity index is 1250. The third kappa shape index (κ3) is 6.41. The van der Waals surface area contributed by atoms with Crippen LogP contribution >= 0.6 is 0 Å². The molecule has 1 aromatic heterocycles. The zero-order valence-electron chi connectivity index (χ0n) is 20.5. The number of carbonyl (C=O) groups excluding carboxylic acids is 1. The van der Waals surface area contributed by atoms with Crippen molar-refractivity contribution in [2.75, 3.05) is 20.3 Å². The van der Waals surface area contributed by atoms with Gasteiger partial charge in [0.2, 0.25) is 0 Å². The third-order valence-corrected chi connectivity index (χ3v) is 6.05. The number of rotatable bonds is 12. The van der Waals surface area contributed by atoms with E-state index < -0.39 is 0 Å². The normalized spacial score (nSPS) is 10.9. The van der Waals surface area contributed by atoms with Gasteiger partial charge in [0.25, 0.3) is 5.91 Å². The van der Waals surface area contributed by atoms with Gasteiger partial charge in [0.05, 0.1) is 24.7 Å². The quantitative estimate of drug-likeness (QED) is 0.274. The summed E-state index contributed by atoms with van der Waals surface area (Å²) < 4.78 is 13.7. The number of carbonyl (C=O) groups is 1. The molecule has 3 aromatic carbocycles. The van der Waals surface area contributed by atoms with Gasteiger partial charge in [0.15, 0.2) is 11.5 Å². The summed E-state index contributed by atoms with van der Waals surface area (Å²) in [7, 11) is 1.65. The summed E-state index contributed by atoms with van der Waals surface area (Å²) in [5, 5.41) is 3.02. The van der Waals surface area contributed by atoms with Crippen molar-refractivity contribution in [3.8, 4) is 11.5 Å². The lowest BCUT2D eigenvalue weighted by atomic mass is 10.1. The zero-order chi connectivity index (χ0) is 24.5. The fourth-order valence-corrected chi connectivity index (χ4v) is 4.14. The smallest absolute Gasteiger partial charge is 0.251 e. The molecule has 4 aromatic rings. The van der Waals surface area contributed by atoms with Crippen molar-refractivity contribution >= 4 is 16.9 Å². The number of hydrogen-bond donors (Lipinski definition) is 1. The van der Waals surface area contributed by atoms with Gasteiger partial charge < -0.3 is 19.4 Å². The van der Waals surface area contributed by atoms with Crippen molar-refractivity contribution < 1.29 is 14.3 Å². The lowest BCUT2D eigenvalue weighted by Gasteiger charge is -2.13. The van der Waals surface area contributed by atoms with E-state index in [1.165, 1.54) is 0 Å². The number of unbranched alkanes of at least 4 members (excludes halogenated alkanes) is 2. The number of benzene rings is 3. The maximum absolute atomic E-state index is 12.3. The Morgan fingerprint density at radius 3 is 2.46 bits per heavy atom. The zero-order valence-corrected chi connectivity index (χ0v) is 20.5. The van der Waals surface area contributed by atoms with Crippen molar-refractivity contribution in [3.05, 3.63) is 89.7 Å². The van der Waals surface area contributed by atoms with Crippen molar-refractivity contribution in [1.82, 2.24) is 14.9 Å². The van der Waals surface area contributed by atoms with Gasteiger partial charge in [0, 0.05) is 18.5 Å². The lowest BCUT2D eigenvalue weighted by molar-refractivity contribution is 0.0953. The number of fused-ring (bicyclic) bond motifs is 1. The van der Waals surface area contributed by atoms with E-state index in [1.54, 1.807) is 7.11 Å². The summed E-state index contributed by atoms with van der Waals surface area (Å²) in [6, 6.07) is 23.6. The lowest BCUT2D eigenvalue weighted by Crippen LogP contribution is -2.24. The van der Waals surface area contributed by atoms with E-state index >= 15 is 0 Å². The van der Waals surface area contributed by atoms with Crippen LogP contribution in [0.2, 0.25) is 0 Å². The molecule has 0 aliphatic heterocycles. The summed E-state index contributed by atoms with van der Waals surface area (Å²) in [5.41, 5.74) is 3.99. The number of ether oxygens (including phenoxy) is 2. The topological polar surface area (TPSA) is 65.4 Å². The Labute approximate surface area is 206 Å². The summed E-state index contributed by atoms with van der Waals surface area (Å²) in [6.07, 6.45) is 3.86. The minimum atomic E-state index is -0.0122. The van der Waals surface area contributed by atoms with Crippen LogP contribution in [0.15, 0.2) is 72.8 Å². The summed E-state index contributed by atoms with van der Waals surface area (Å²) >= 11 is 0. The highest BCUT2D eigenvalue weighted by Crippen LogP contribution is 2.26. The van der Waals surface area contributed by atoms with E-state index in [9.17, 15) is 4.79 Å². The summed E-state index contributed by atoms with van der Waals surface area (Å²) in [6.45, 7) is 3.93. The Balaban J connectivity index is 1.28.